The fourth-order valence-corrected chi connectivity index (χ4v) is 3.85. The summed E-state index contributed by atoms with van der Waals surface area (Å²) < 4.78 is 12.1. The standard InChI is InChI=1S/C20H24N2O2.C7H7F/c1-16-9-11-18(12-10-16)21(15-23)14-20(24)22-13-5-8-19(22)17-6-3-2-4-7-17;1-6-2-4-7(8)5-3-6/h2-4,6-7,9-12,19,23H,5,8,13-15H2,1H3;2-5H,1H3. The Hall–Kier alpha value is -3.18. The van der Waals surface area contributed by atoms with Gasteiger partial charge in [0.15, 0.2) is 0 Å². The van der Waals surface area contributed by atoms with Crippen LogP contribution in [0.15, 0.2) is 78.9 Å². The maximum atomic E-state index is 12.8. The summed E-state index contributed by atoms with van der Waals surface area (Å²) >= 11 is 0. The number of carbonyl (C=O) groups is 1. The van der Waals surface area contributed by atoms with Crippen molar-refractivity contribution in [2.24, 2.45) is 0 Å². The van der Waals surface area contributed by atoms with Crippen molar-refractivity contribution in [1.82, 2.24) is 4.90 Å². The zero-order valence-electron chi connectivity index (χ0n) is 18.7. The lowest BCUT2D eigenvalue weighted by Gasteiger charge is -2.29. The molecule has 3 aromatic rings. The van der Waals surface area contributed by atoms with E-state index in [-0.39, 0.29) is 31.0 Å². The van der Waals surface area contributed by atoms with Gasteiger partial charge in [0, 0.05) is 12.2 Å². The van der Waals surface area contributed by atoms with Crippen LogP contribution in [-0.4, -0.2) is 35.7 Å². The predicted octanol–water partition coefficient (Wildman–Crippen LogP) is 5.25. The van der Waals surface area contributed by atoms with Crippen molar-refractivity contribution in [3.63, 3.8) is 0 Å². The lowest BCUT2D eigenvalue weighted by Crippen LogP contribution is -2.40. The number of rotatable bonds is 5. The SMILES string of the molecule is Cc1ccc(F)cc1.Cc1ccc(N(CO)CC(=O)N2CCCC2c2ccccc2)cc1. The average Bonchev–Trinajstić information content (AvgIpc) is 3.31. The highest BCUT2D eigenvalue weighted by molar-refractivity contribution is 5.82. The molecule has 3 aromatic carbocycles. The molecule has 0 radical (unpaired) electrons. The predicted molar refractivity (Wildman–Crippen MR) is 127 cm³/mol. The molecule has 0 bridgehead atoms. The lowest BCUT2D eigenvalue weighted by molar-refractivity contribution is -0.130. The summed E-state index contributed by atoms with van der Waals surface area (Å²) in [5, 5.41) is 9.68. The van der Waals surface area contributed by atoms with E-state index in [2.05, 4.69) is 12.1 Å². The minimum Gasteiger partial charge on any atom is -0.376 e. The molecule has 1 N–H and O–H groups in total. The fourth-order valence-electron chi connectivity index (χ4n) is 3.85. The first kappa shape index (κ1) is 23.5. The molecule has 1 unspecified atom stereocenters. The van der Waals surface area contributed by atoms with E-state index in [1.807, 2.05) is 61.2 Å². The van der Waals surface area contributed by atoms with Gasteiger partial charge in [-0.05, 0) is 56.5 Å². The van der Waals surface area contributed by atoms with Gasteiger partial charge >= 0.3 is 0 Å². The number of amides is 1. The summed E-state index contributed by atoms with van der Waals surface area (Å²) in [6.07, 6.45) is 2.02. The number of aryl methyl sites for hydroxylation is 2. The molecular formula is C27H31FN2O2. The molecular weight excluding hydrogens is 403 g/mol. The Bertz CT molecular complexity index is 954. The van der Waals surface area contributed by atoms with Crippen molar-refractivity contribution in [2.75, 3.05) is 24.7 Å². The number of nitrogens with zero attached hydrogens (tertiary/aromatic N) is 2. The van der Waals surface area contributed by atoms with Crippen LogP contribution in [0.3, 0.4) is 0 Å². The van der Waals surface area contributed by atoms with E-state index in [0.717, 1.165) is 36.2 Å². The van der Waals surface area contributed by atoms with E-state index in [0.29, 0.717) is 0 Å². The van der Waals surface area contributed by atoms with Crippen molar-refractivity contribution >= 4 is 11.6 Å². The van der Waals surface area contributed by atoms with Gasteiger partial charge in [-0.2, -0.15) is 0 Å². The Kier molecular flexibility index (Phi) is 8.40. The first-order valence-corrected chi connectivity index (χ1v) is 11.0. The van der Waals surface area contributed by atoms with Gasteiger partial charge in [-0.3, -0.25) is 4.79 Å². The topological polar surface area (TPSA) is 43.8 Å². The molecule has 5 heteroatoms. The molecule has 1 saturated heterocycles. The summed E-state index contributed by atoms with van der Waals surface area (Å²) in [5.41, 5.74) is 4.30. The second-order valence-electron chi connectivity index (χ2n) is 8.13. The zero-order valence-corrected chi connectivity index (χ0v) is 18.7. The van der Waals surface area contributed by atoms with Crippen LogP contribution in [0.1, 0.15) is 35.6 Å². The van der Waals surface area contributed by atoms with Crippen molar-refractivity contribution in [3.8, 4) is 0 Å². The summed E-state index contributed by atoms with van der Waals surface area (Å²) in [6.45, 7) is 4.76. The van der Waals surface area contributed by atoms with Crippen LogP contribution in [0.25, 0.3) is 0 Å². The summed E-state index contributed by atoms with van der Waals surface area (Å²) in [5.74, 6) is -0.105. The summed E-state index contributed by atoms with van der Waals surface area (Å²) in [6, 6.07) is 24.6. The van der Waals surface area contributed by atoms with Gasteiger partial charge in [0.05, 0.1) is 12.6 Å². The van der Waals surface area contributed by atoms with Crippen LogP contribution < -0.4 is 4.90 Å². The molecule has 32 heavy (non-hydrogen) atoms. The van der Waals surface area contributed by atoms with E-state index in [4.69, 9.17) is 0 Å². The number of carbonyl (C=O) groups excluding carboxylic acids is 1. The average molecular weight is 435 g/mol. The molecule has 1 aliphatic rings. The van der Waals surface area contributed by atoms with E-state index in [9.17, 15) is 14.3 Å². The Morgan fingerprint density at radius 1 is 0.969 bits per heavy atom. The Balaban J connectivity index is 0.000000305. The van der Waals surface area contributed by atoms with Gasteiger partial charge in [-0.25, -0.2) is 4.39 Å². The van der Waals surface area contributed by atoms with Crippen LogP contribution in [0.2, 0.25) is 0 Å². The first-order valence-electron chi connectivity index (χ1n) is 11.0. The molecule has 1 heterocycles. The van der Waals surface area contributed by atoms with Crippen molar-refractivity contribution in [1.29, 1.82) is 0 Å². The third-order valence-corrected chi connectivity index (χ3v) is 5.66. The highest BCUT2D eigenvalue weighted by atomic mass is 19.1. The maximum absolute atomic E-state index is 12.8. The quantitative estimate of drug-likeness (QED) is 0.558. The molecule has 0 aliphatic carbocycles. The minimum absolute atomic E-state index is 0.0657. The number of benzene rings is 3. The summed E-state index contributed by atoms with van der Waals surface area (Å²) in [4.78, 5) is 16.5. The number of hydrogen-bond acceptors (Lipinski definition) is 3. The van der Waals surface area contributed by atoms with Gasteiger partial charge in [0.1, 0.15) is 12.5 Å². The van der Waals surface area contributed by atoms with Crippen LogP contribution in [-0.2, 0) is 4.79 Å². The highest BCUT2D eigenvalue weighted by Gasteiger charge is 2.30. The van der Waals surface area contributed by atoms with Crippen molar-refractivity contribution in [2.45, 2.75) is 32.7 Å². The summed E-state index contributed by atoms with van der Waals surface area (Å²) in [7, 11) is 0. The maximum Gasteiger partial charge on any atom is 0.242 e. The van der Waals surface area contributed by atoms with E-state index >= 15 is 0 Å². The molecule has 1 fully saturated rings. The second-order valence-corrected chi connectivity index (χ2v) is 8.13. The van der Waals surface area contributed by atoms with Crippen LogP contribution in [0.4, 0.5) is 10.1 Å². The fraction of sp³-hybridized carbons (Fsp3) is 0.296. The third kappa shape index (κ3) is 6.41. The number of likely N-dealkylation sites (tertiary alicyclic amines) is 1. The Morgan fingerprint density at radius 3 is 2.12 bits per heavy atom. The molecule has 168 valence electrons. The monoisotopic (exact) mass is 434 g/mol. The minimum atomic E-state index is -0.171. The highest BCUT2D eigenvalue weighted by Crippen LogP contribution is 2.32. The van der Waals surface area contributed by atoms with Crippen LogP contribution in [0.5, 0.6) is 0 Å². The lowest BCUT2D eigenvalue weighted by atomic mass is 10.0. The van der Waals surface area contributed by atoms with Gasteiger partial charge in [-0.15, -0.1) is 0 Å². The second kappa shape index (κ2) is 11.4. The smallest absolute Gasteiger partial charge is 0.242 e. The molecule has 0 spiro atoms. The Morgan fingerprint density at radius 2 is 1.56 bits per heavy atom. The normalized spacial score (nSPS) is 15.1. The number of hydrogen-bond donors (Lipinski definition) is 1. The van der Waals surface area contributed by atoms with E-state index in [1.165, 1.54) is 17.7 Å². The van der Waals surface area contributed by atoms with Gasteiger partial charge in [0.25, 0.3) is 0 Å². The molecule has 0 aromatic heterocycles. The largest absolute Gasteiger partial charge is 0.376 e. The van der Waals surface area contributed by atoms with Crippen LogP contribution in [0, 0.1) is 19.7 Å². The molecule has 0 saturated carbocycles. The zero-order chi connectivity index (χ0) is 22.9. The Labute approximate surface area is 189 Å². The van der Waals surface area contributed by atoms with Crippen molar-refractivity contribution in [3.05, 3.63) is 101 Å². The third-order valence-electron chi connectivity index (χ3n) is 5.66. The number of anilines is 1. The first-order chi connectivity index (χ1) is 15.5. The van der Waals surface area contributed by atoms with E-state index in [1.54, 1.807) is 17.0 Å². The van der Waals surface area contributed by atoms with Gasteiger partial charge in [0.2, 0.25) is 5.91 Å². The number of aliphatic hydroxyl groups is 1. The number of halogens is 1. The molecule has 1 amide bonds. The van der Waals surface area contributed by atoms with Crippen molar-refractivity contribution < 1.29 is 14.3 Å². The van der Waals surface area contributed by atoms with Crippen LogP contribution >= 0.6 is 0 Å². The van der Waals surface area contributed by atoms with Gasteiger partial charge < -0.3 is 14.9 Å². The number of aliphatic hydroxyl groups excluding tert-OH is 1. The molecule has 4 nitrogen and oxygen atoms in total. The van der Waals surface area contributed by atoms with E-state index < -0.39 is 0 Å². The molecule has 4 rings (SSSR count). The molecule has 1 aliphatic heterocycles. The molecule has 1 atom stereocenters. The van der Waals surface area contributed by atoms with Gasteiger partial charge in [-0.1, -0.05) is 65.7 Å².